The number of ketones is 1. The molecule has 5 heteroatoms. The van der Waals surface area contributed by atoms with Gasteiger partial charge in [-0.05, 0) is 35.7 Å². The fraction of sp³-hybridized carbons (Fsp3) is 0.0667. The largest absolute Gasteiger partial charge is 1.00 e. The molecule has 3 aromatic rings. The molecule has 0 aliphatic rings. The average molecular weight is 352 g/mol. The molecule has 0 atom stereocenters. The third-order valence-corrected chi connectivity index (χ3v) is 3.82. The van der Waals surface area contributed by atoms with Crippen LogP contribution in [0.5, 0.6) is 0 Å². The van der Waals surface area contributed by atoms with Gasteiger partial charge >= 0.3 is 0 Å². The van der Waals surface area contributed by atoms with Gasteiger partial charge in [0.1, 0.15) is 5.82 Å². The van der Waals surface area contributed by atoms with Gasteiger partial charge in [-0.1, -0.05) is 0 Å². The van der Waals surface area contributed by atoms with Gasteiger partial charge in [0.15, 0.2) is 12.4 Å². The number of carbonyl (C=O) groups excluding carboxylic acids is 1. The average Bonchev–Trinajstić information content (AvgIpc) is 2.87. The van der Waals surface area contributed by atoms with Crippen LogP contribution in [0, 0.1) is 5.82 Å². The number of pyridine rings is 1. The molecular formula is C15H11BrFNOS. The molecule has 2 aromatic heterocycles. The SMILES string of the molecule is O=C(C[n+]1ccc2ccsc2c1)c1ccc(F)cc1.[Br-]. The lowest BCUT2D eigenvalue weighted by molar-refractivity contribution is -0.681. The number of halogens is 2. The third kappa shape index (κ3) is 3.11. The van der Waals surface area contributed by atoms with Gasteiger partial charge in [0.25, 0.3) is 0 Å². The van der Waals surface area contributed by atoms with E-state index in [0.29, 0.717) is 5.56 Å². The minimum Gasteiger partial charge on any atom is -1.00 e. The van der Waals surface area contributed by atoms with Crippen molar-refractivity contribution in [1.82, 2.24) is 0 Å². The number of benzene rings is 1. The van der Waals surface area contributed by atoms with Crippen LogP contribution in [0.25, 0.3) is 10.1 Å². The first-order valence-corrected chi connectivity index (χ1v) is 6.75. The van der Waals surface area contributed by atoms with Crippen molar-refractivity contribution in [2.24, 2.45) is 0 Å². The molecule has 0 saturated carbocycles. The molecule has 3 rings (SSSR count). The van der Waals surface area contributed by atoms with E-state index >= 15 is 0 Å². The number of carbonyl (C=O) groups is 1. The van der Waals surface area contributed by atoms with E-state index in [2.05, 4.69) is 0 Å². The topological polar surface area (TPSA) is 20.9 Å². The number of aromatic nitrogens is 1. The molecule has 0 saturated heterocycles. The fourth-order valence-electron chi connectivity index (χ4n) is 1.93. The Kier molecular flexibility index (Phi) is 4.62. The van der Waals surface area contributed by atoms with Crippen LogP contribution in [0.4, 0.5) is 4.39 Å². The van der Waals surface area contributed by atoms with E-state index in [1.54, 1.807) is 11.3 Å². The van der Waals surface area contributed by atoms with Gasteiger partial charge in [-0.15, -0.1) is 11.3 Å². The molecule has 0 N–H and O–H groups in total. The number of rotatable bonds is 3. The van der Waals surface area contributed by atoms with Gasteiger partial charge in [-0.3, -0.25) is 4.79 Å². The molecule has 0 bridgehead atoms. The Hall–Kier alpha value is -1.59. The summed E-state index contributed by atoms with van der Waals surface area (Å²) in [4.78, 5) is 12.1. The van der Waals surface area contributed by atoms with Crippen molar-refractivity contribution in [3.8, 4) is 0 Å². The van der Waals surface area contributed by atoms with Gasteiger partial charge < -0.3 is 17.0 Å². The Labute approximate surface area is 130 Å². The smallest absolute Gasteiger partial charge is 0.227 e. The minimum atomic E-state index is -0.329. The summed E-state index contributed by atoms with van der Waals surface area (Å²) in [5.41, 5.74) is 0.528. The van der Waals surface area contributed by atoms with E-state index in [9.17, 15) is 9.18 Å². The van der Waals surface area contributed by atoms with Crippen molar-refractivity contribution < 1.29 is 30.7 Å². The number of thiophene rings is 1. The number of fused-ring (bicyclic) bond motifs is 1. The summed E-state index contributed by atoms with van der Waals surface area (Å²) in [6.45, 7) is 0.263. The summed E-state index contributed by atoms with van der Waals surface area (Å²) in [5, 5.41) is 3.20. The molecule has 0 unspecified atom stereocenters. The second kappa shape index (κ2) is 6.24. The molecule has 0 radical (unpaired) electrons. The monoisotopic (exact) mass is 351 g/mol. The zero-order chi connectivity index (χ0) is 13.2. The summed E-state index contributed by atoms with van der Waals surface area (Å²) in [5.74, 6) is -0.356. The van der Waals surface area contributed by atoms with Crippen molar-refractivity contribution >= 4 is 27.2 Å². The summed E-state index contributed by atoms with van der Waals surface area (Å²) in [7, 11) is 0. The maximum atomic E-state index is 12.8. The highest BCUT2D eigenvalue weighted by atomic mass is 79.9. The molecule has 2 heterocycles. The zero-order valence-corrected chi connectivity index (χ0v) is 12.8. The second-order valence-corrected chi connectivity index (χ2v) is 5.24. The predicted molar refractivity (Wildman–Crippen MR) is 72.8 cm³/mol. The van der Waals surface area contributed by atoms with E-state index in [-0.39, 0.29) is 35.1 Å². The highest BCUT2D eigenvalue weighted by Gasteiger charge is 2.13. The zero-order valence-electron chi connectivity index (χ0n) is 10.4. The maximum absolute atomic E-state index is 12.8. The number of Topliss-reactive ketones (excluding diaryl/α,β-unsaturated/α-hetero) is 1. The van der Waals surface area contributed by atoms with Crippen LogP contribution in [0.3, 0.4) is 0 Å². The highest BCUT2D eigenvalue weighted by Crippen LogP contribution is 2.17. The summed E-state index contributed by atoms with van der Waals surface area (Å²) in [6, 6.07) is 9.68. The van der Waals surface area contributed by atoms with Crippen molar-refractivity contribution in [1.29, 1.82) is 0 Å². The molecule has 2 nitrogen and oxygen atoms in total. The van der Waals surface area contributed by atoms with Gasteiger partial charge in [0.2, 0.25) is 12.3 Å². The number of hydrogen-bond acceptors (Lipinski definition) is 2. The molecule has 102 valence electrons. The molecule has 0 amide bonds. The summed E-state index contributed by atoms with van der Waals surface area (Å²) < 4.78 is 15.8. The first-order chi connectivity index (χ1) is 9.22. The maximum Gasteiger partial charge on any atom is 0.227 e. The summed E-state index contributed by atoms with van der Waals surface area (Å²) >= 11 is 1.64. The van der Waals surface area contributed by atoms with E-state index in [1.165, 1.54) is 29.7 Å². The van der Waals surface area contributed by atoms with Crippen LogP contribution < -0.4 is 21.5 Å². The number of hydrogen-bond donors (Lipinski definition) is 0. The van der Waals surface area contributed by atoms with Crippen molar-refractivity contribution in [3.63, 3.8) is 0 Å². The molecule has 0 spiro atoms. The minimum absolute atomic E-state index is 0. The first kappa shape index (κ1) is 14.8. The van der Waals surface area contributed by atoms with Crippen molar-refractivity contribution in [2.75, 3.05) is 0 Å². The lowest BCUT2D eigenvalue weighted by Crippen LogP contribution is -3.00. The van der Waals surface area contributed by atoms with E-state index in [0.717, 1.165) is 4.70 Å². The van der Waals surface area contributed by atoms with E-state index < -0.39 is 0 Å². The van der Waals surface area contributed by atoms with Gasteiger partial charge in [-0.25, -0.2) is 4.39 Å². The van der Waals surface area contributed by atoms with Crippen LogP contribution in [0.15, 0.2) is 54.2 Å². The standard InChI is InChI=1S/C15H11FNOS.BrH/c16-13-3-1-11(2-4-13)14(18)9-17-7-5-12-6-8-19-15(12)10-17;/h1-8,10H,9H2;1H/q+1;/p-1. The Morgan fingerprint density at radius 2 is 1.90 bits per heavy atom. The third-order valence-electron chi connectivity index (χ3n) is 2.95. The van der Waals surface area contributed by atoms with Crippen LogP contribution in [0.1, 0.15) is 10.4 Å². The molecule has 0 fully saturated rings. The van der Waals surface area contributed by atoms with Crippen LogP contribution >= 0.6 is 11.3 Å². The van der Waals surface area contributed by atoms with Gasteiger partial charge in [0.05, 0.1) is 4.70 Å². The lowest BCUT2D eigenvalue weighted by atomic mass is 10.1. The summed E-state index contributed by atoms with van der Waals surface area (Å²) in [6.07, 6.45) is 3.85. The Balaban J connectivity index is 0.00000147. The van der Waals surface area contributed by atoms with E-state index in [4.69, 9.17) is 0 Å². The predicted octanol–water partition coefficient (Wildman–Crippen LogP) is 0.215. The first-order valence-electron chi connectivity index (χ1n) is 5.87. The van der Waals surface area contributed by atoms with Crippen LogP contribution in [-0.2, 0) is 6.54 Å². The molecule has 20 heavy (non-hydrogen) atoms. The Bertz CT molecular complexity index is 739. The lowest BCUT2D eigenvalue weighted by Gasteiger charge is -1.98. The fourth-order valence-corrected chi connectivity index (χ4v) is 2.76. The molecule has 0 aliphatic carbocycles. The molecular weight excluding hydrogens is 341 g/mol. The molecule has 1 aromatic carbocycles. The Morgan fingerprint density at radius 1 is 1.15 bits per heavy atom. The van der Waals surface area contributed by atoms with Crippen LogP contribution in [-0.4, -0.2) is 5.78 Å². The van der Waals surface area contributed by atoms with Crippen LogP contribution in [0.2, 0.25) is 0 Å². The van der Waals surface area contributed by atoms with Gasteiger partial charge in [-0.2, -0.15) is 4.57 Å². The van der Waals surface area contributed by atoms with Crippen molar-refractivity contribution in [2.45, 2.75) is 6.54 Å². The second-order valence-electron chi connectivity index (χ2n) is 4.29. The normalized spacial score (nSPS) is 10.2. The van der Waals surface area contributed by atoms with E-state index in [1.807, 2.05) is 34.5 Å². The van der Waals surface area contributed by atoms with Gasteiger partial charge in [0, 0.05) is 17.0 Å². The highest BCUT2D eigenvalue weighted by molar-refractivity contribution is 7.17. The number of nitrogens with zero attached hydrogens (tertiary/aromatic N) is 1. The quantitative estimate of drug-likeness (QED) is 0.488. The molecule has 0 aliphatic heterocycles. The van der Waals surface area contributed by atoms with Crippen molar-refractivity contribution in [3.05, 3.63) is 65.6 Å². The Morgan fingerprint density at radius 3 is 2.65 bits per heavy atom.